The Bertz CT molecular complexity index is 647. The number of nitrogens with zero attached hydrogens (tertiary/aromatic N) is 2. The van der Waals surface area contributed by atoms with E-state index in [9.17, 15) is 8.42 Å². The highest BCUT2D eigenvalue weighted by molar-refractivity contribution is 9.10. The lowest BCUT2D eigenvalue weighted by molar-refractivity contribution is 0.600. The molecule has 1 N–H and O–H groups in total. The van der Waals surface area contributed by atoms with Crippen LogP contribution in [-0.4, -0.2) is 24.1 Å². The third kappa shape index (κ3) is 4.60. The van der Waals surface area contributed by atoms with Crippen LogP contribution in [0.25, 0.3) is 0 Å². The topological polar surface area (TPSA) is 72.0 Å². The van der Waals surface area contributed by atoms with E-state index >= 15 is 0 Å². The SMILES string of the molecule is O=S(=O)(CCc1ccccn1)Nc1cccc(Br)n1. The van der Waals surface area contributed by atoms with Gasteiger partial charge in [0.25, 0.3) is 0 Å². The Labute approximate surface area is 120 Å². The first kappa shape index (κ1) is 14.0. The first-order valence-corrected chi connectivity index (χ1v) is 8.03. The monoisotopic (exact) mass is 341 g/mol. The molecule has 2 heterocycles. The molecule has 0 aliphatic heterocycles. The van der Waals surface area contributed by atoms with E-state index in [-0.39, 0.29) is 5.75 Å². The first-order chi connectivity index (χ1) is 9.05. The van der Waals surface area contributed by atoms with Crippen molar-refractivity contribution in [2.75, 3.05) is 10.5 Å². The standard InChI is InChI=1S/C12H12BrN3O2S/c13-11-5-3-6-12(15-11)16-19(17,18)9-7-10-4-1-2-8-14-10/h1-6,8H,7,9H2,(H,15,16). The molecule has 2 rings (SSSR count). The zero-order valence-corrected chi connectivity index (χ0v) is 12.4. The number of rotatable bonds is 5. The number of anilines is 1. The van der Waals surface area contributed by atoms with Crippen LogP contribution in [0, 0.1) is 0 Å². The molecule has 0 bridgehead atoms. The van der Waals surface area contributed by atoms with E-state index in [2.05, 4.69) is 30.6 Å². The lowest BCUT2D eigenvalue weighted by atomic mass is 10.3. The molecule has 7 heteroatoms. The Morgan fingerprint density at radius 1 is 1.16 bits per heavy atom. The summed E-state index contributed by atoms with van der Waals surface area (Å²) in [7, 11) is -3.42. The summed E-state index contributed by atoms with van der Waals surface area (Å²) in [6, 6.07) is 10.5. The van der Waals surface area contributed by atoms with Crippen molar-refractivity contribution in [1.29, 1.82) is 0 Å². The van der Waals surface area contributed by atoms with Crippen molar-refractivity contribution in [3.05, 3.63) is 52.9 Å². The quantitative estimate of drug-likeness (QED) is 0.846. The molecule has 0 fully saturated rings. The van der Waals surface area contributed by atoms with E-state index in [4.69, 9.17) is 0 Å². The second kappa shape index (κ2) is 6.12. The van der Waals surface area contributed by atoms with Crippen LogP contribution >= 0.6 is 15.9 Å². The number of sulfonamides is 1. The van der Waals surface area contributed by atoms with Gasteiger partial charge in [-0.25, -0.2) is 13.4 Å². The van der Waals surface area contributed by atoms with Gasteiger partial charge in [-0.1, -0.05) is 12.1 Å². The predicted molar refractivity (Wildman–Crippen MR) is 77.3 cm³/mol. The summed E-state index contributed by atoms with van der Waals surface area (Å²) in [5.41, 5.74) is 0.745. The van der Waals surface area contributed by atoms with Crippen molar-refractivity contribution in [2.24, 2.45) is 0 Å². The summed E-state index contributed by atoms with van der Waals surface area (Å²) in [5, 5.41) is 0. The van der Waals surface area contributed by atoms with Crippen molar-refractivity contribution in [1.82, 2.24) is 9.97 Å². The van der Waals surface area contributed by atoms with Crippen LogP contribution in [0.1, 0.15) is 5.69 Å². The Kier molecular flexibility index (Phi) is 4.49. The largest absolute Gasteiger partial charge is 0.267 e. The van der Waals surface area contributed by atoms with Gasteiger partial charge >= 0.3 is 0 Å². The van der Waals surface area contributed by atoms with E-state index in [0.717, 1.165) is 5.69 Å². The first-order valence-electron chi connectivity index (χ1n) is 5.58. The number of aryl methyl sites for hydroxylation is 1. The van der Waals surface area contributed by atoms with Crippen LogP contribution in [0.3, 0.4) is 0 Å². The van der Waals surface area contributed by atoms with E-state index in [1.807, 2.05) is 6.07 Å². The van der Waals surface area contributed by atoms with Crippen LogP contribution in [0.4, 0.5) is 5.82 Å². The van der Waals surface area contributed by atoms with Gasteiger partial charge in [-0.05, 0) is 40.2 Å². The van der Waals surface area contributed by atoms with Crippen molar-refractivity contribution in [2.45, 2.75) is 6.42 Å². The highest BCUT2D eigenvalue weighted by Crippen LogP contribution is 2.12. The minimum absolute atomic E-state index is 0.0296. The Morgan fingerprint density at radius 3 is 2.68 bits per heavy atom. The fourth-order valence-electron chi connectivity index (χ4n) is 1.46. The number of pyridine rings is 2. The molecule has 0 atom stereocenters. The van der Waals surface area contributed by atoms with Crippen molar-refractivity contribution < 1.29 is 8.42 Å². The minimum atomic E-state index is -3.42. The summed E-state index contributed by atoms with van der Waals surface area (Å²) < 4.78 is 26.8. The molecule has 0 spiro atoms. The Morgan fingerprint density at radius 2 is 2.00 bits per heavy atom. The average Bonchev–Trinajstić information content (AvgIpc) is 2.37. The van der Waals surface area contributed by atoms with Crippen LogP contribution < -0.4 is 4.72 Å². The maximum atomic E-state index is 11.9. The maximum absolute atomic E-state index is 11.9. The van der Waals surface area contributed by atoms with Gasteiger partial charge < -0.3 is 0 Å². The fourth-order valence-corrected chi connectivity index (χ4v) is 2.82. The zero-order valence-electron chi connectivity index (χ0n) is 9.95. The molecule has 0 saturated heterocycles. The predicted octanol–water partition coefficient (Wildman–Crippen LogP) is 2.22. The van der Waals surface area contributed by atoms with Gasteiger partial charge in [-0.3, -0.25) is 9.71 Å². The van der Waals surface area contributed by atoms with Gasteiger partial charge in [0.05, 0.1) is 5.75 Å². The molecule has 5 nitrogen and oxygen atoms in total. The molecule has 0 unspecified atom stereocenters. The molecule has 0 amide bonds. The summed E-state index contributed by atoms with van der Waals surface area (Å²) in [6.07, 6.45) is 2.01. The summed E-state index contributed by atoms with van der Waals surface area (Å²) in [5.74, 6) is 0.272. The van der Waals surface area contributed by atoms with Gasteiger partial charge in [-0.2, -0.15) is 0 Å². The number of hydrogen-bond acceptors (Lipinski definition) is 4. The van der Waals surface area contributed by atoms with Crippen molar-refractivity contribution in [3.63, 3.8) is 0 Å². The smallest absolute Gasteiger partial charge is 0.234 e. The van der Waals surface area contributed by atoms with Crippen LogP contribution in [0.2, 0.25) is 0 Å². The van der Waals surface area contributed by atoms with E-state index < -0.39 is 10.0 Å². The fraction of sp³-hybridized carbons (Fsp3) is 0.167. The van der Waals surface area contributed by atoms with Gasteiger partial charge in [0.15, 0.2) is 0 Å². The maximum Gasteiger partial charge on any atom is 0.234 e. The van der Waals surface area contributed by atoms with Gasteiger partial charge in [-0.15, -0.1) is 0 Å². The molecular formula is C12H12BrN3O2S. The minimum Gasteiger partial charge on any atom is -0.267 e. The summed E-state index contributed by atoms with van der Waals surface area (Å²) in [6.45, 7) is 0. The number of hydrogen-bond donors (Lipinski definition) is 1. The molecule has 0 aromatic carbocycles. The number of nitrogens with one attached hydrogen (secondary N) is 1. The van der Waals surface area contributed by atoms with Gasteiger partial charge in [0.2, 0.25) is 10.0 Å². The Balaban J connectivity index is 1.99. The number of aromatic nitrogens is 2. The average molecular weight is 342 g/mol. The Hall–Kier alpha value is -1.47. The molecule has 19 heavy (non-hydrogen) atoms. The highest BCUT2D eigenvalue weighted by Gasteiger charge is 2.11. The molecule has 0 radical (unpaired) electrons. The molecule has 2 aromatic heterocycles. The van der Waals surface area contributed by atoms with Crippen LogP contribution in [-0.2, 0) is 16.4 Å². The third-order valence-electron chi connectivity index (χ3n) is 2.33. The second-order valence-electron chi connectivity index (χ2n) is 3.84. The summed E-state index contributed by atoms with van der Waals surface area (Å²) in [4.78, 5) is 8.11. The second-order valence-corrected chi connectivity index (χ2v) is 6.49. The molecule has 2 aromatic rings. The van der Waals surface area contributed by atoms with E-state index in [1.54, 1.807) is 36.5 Å². The molecular weight excluding hydrogens is 330 g/mol. The van der Waals surface area contributed by atoms with Crippen molar-refractivity contribution in [3.8, 4) is 0 Å². The molecule has 0 aliphatic carbocycles. The van der Waals surface area contributed by atoms with Crippen LogP contribution in [0.15, 0.2) is 47.2 Å². The summed E-state index contributed by atoms with van der Waals surface area (Å²) >= 11 is 3.19. The molecule has 0 aliphatic rings. The normalized spacial score (nSPS) is 11.2. The van der Waals surface area contributed by atoms with Crippen LogP contribution in [0.5, 0.6) is 0 Å². The van der Waals surface area contributed by atoms with Crippen molar-refractivity contribution >= 4 is 31.8 Å². The van der Waals surface area contributed by atoms with E-state index in [1.165, 1.54) is 0 Å². The van der Waals surface area contributed by atoms with E-state index in [0.29, 0.717) is 16.8 Å². The highest BCUT2D eigenvalue weighted by atomic mass is 79.9. The lowest BCUT2D eigenvalue weighted by Gasteiger charge is -2.07. The zero-order chi connectivity index (χ0) is 13.7. The molecule has 100 valence electrons. The lowest BCUT2D eigenvalue weighted by Crippen LogP contribution is -2.19. The number of halogens is 1. The molecule has 0 saturated carbocycles. The van der Waals surface area contributed by atoms with Gasteiger partial charge in [0.1, 0.15) is 10.4 Å². The third-order valence-corrected chi connectivity index (χ3v) is 4.03. The van der Waals surface area contributed by atoms with Gasteiger partial charge in [0, 0.05) is 18.3 Å².